The molecule has 0 saturated carbocycles. The van der Waals surface area contributed by atoms with Gasteiger partial charge in [0.05, 0.1) is 30.8 Å². The molecule has 0 aromatic rings. The normalized spacial score (nSPS) is 35.6. The first-order valence-corrected chi connectivity index (χ1v) is 7.85. The fraction of sp³-hybridized carbons (Fsp3) is 0.938. The molecule has 0 aromatic heterocycles. The summed E-state index contributed by atoms with van der Waals surface area (Å²) in [6.07, 6.45) is 1.67. The standard InChI is InChI=1S/C16H26O5/c1-15(2,12-8-20-12)9-16(3,4)14(17)21-11-7-19-10-5-6-18-13(10)11/h10-13H,5-9H2,1-4H3/t10-,11-,12?,13+/m1/s1. The van der Waals surface area contributed by atoms with E-state index in [4.69, 9.17) is 18.9 Å². The molecule has 3 aliphatic rings. The zero-order valence-corrected chi connectivity index (χ0v) is 13.4. The van der Waals surface area contributed by atoms with E-state index >= 15 is 0 Å². The summed E-state index contributed by atoms with van der Waals surface area (Å²) in [4.78, 5) is 12.6. The summed E-state index contributed by atoms with van der Waals surface area (Å²) in [5, 5.41) is 0. The summed E-state index contributed by atoms with van der Waals surface area (Å²) in [6, 6.07) is 0. The van der Waals surface area contributed by atoms with Crippen LogP contribution in [0.25, 0.3) is 0 Å². The van der Waals surface area contributed by atoms with Crippen molar-refractivity contribution >= 4 is 5.97 Å². The van der Waals surface area contributed by atoms with E-state index in [2.05, 4.69) is 13.8 Å². The molecule has 3 rings (SSSR count). The molecule has 0 aromatic carbocycles. The van der Waals surface area contributed by atoms with Crippen LogP contribution in [0.15, 0.2) is 0 Å². The van der Waals surface area contributed by atoms with Crippen molar-refractivity contribution in [2.45, 2.75) is 65.0 Å². The van der Waals surface area contributed by atoms with Crippen LogP contribution in [-0.4, -0.2) is 50.2 Å². The van der Waals surface area contributed by atoms with Gasteiger partial charge >= 0.3 is 5.97 Å². The number of esters is 1. The molecule has 3 heterocycles. The molecule has 5 heteroatoms. The SMILES string of the molecule is CC(C)(CC(C)(C)C1CO1)C(=O)O[C@@H]1CO[C@@H]2CCO[C@@H]21. The Morgan fingerprint density at radius 2 is 1.86 bits per heavy atom. The number of carbonyl (C=O) groups is 1. The molecule has 3 saturated heterocycles. The third kappa shape index (κ3) is 3.10. The molecule has 0 amide bonds. The molecule has 120 valence electrons. The van der Waals surface area contributed by atoms with Gasteiger partial charge < -0.3 is 18.9 Å². The van der Waals surface area contributed by atoms with Gasteiger partial charge in [-0.2, -0.15) is 0 Å². The van der Waals surface area contributed by atoms with Crippen LogP contribution in [-0.2, 0) is 23.7 Å². The Balaban J connectivity index is 1.58. The number of rotatable bonds is 5. The third-order valence-corrected chi connectivity index (χ3v) is 4.83. The maximum absolute atomic E-state index is 12.6. The minimum Gasteiger partial charge on any atom is -0.457 e. The van der Waals surface area contributed by atoms with Crippen LogP contribution in [0.4, 0.5) is 0 Å². The van der Waals surface area contributed by atoms with Gasteiger partial charge in [-0.15, -0.1) is 0 Å². The Kier molecular flexibility index (Phi) is 3.79. The molecule has 3 aliphatic heterocycles. The minimum absolute atomic E-state index is 0.0128. The summed E-state index contributed by atoms with van der Waals surface area (Å²) >= 11 is 0. The van der Waals surface area contributed by atoms with Gasteiger partial charge in [-0.1, -0.05) is 13.8 Å². The van der Waals surface area contributed by atoms with Crippen molar-refractivity contribution < 1.29 is 23.7 Å². The number of carbonyl (C=O) groups excluding carboxylic acids is 1. The van der Waals surface area contributed by atoms with Gasteiger partial charge in [0, 0.05) is 6.61 Å². The van der Waals surface area contributed by atoms with Crippen LogP contribution in [0.2, 0.25) is 0 Å². The largest absolute Gasteiger partial charge is 0.457 e. The summed E-state index contributed by atoms with van der Waals surface area (Å²) in [7, 11) is 0. The van der Waals surface area contributed by atoms with Gasteiger partial charge in [0.1, 0.15) is 6.10 Å². The third-order valence-electron chi connectivity index (χ3n) is 4.83. The van der Waals surface area contributed by atoms with Crippen molar-refractivity contribution in [3.8, 4) is 0 Å². The highest BCUT2D eigenvalue weighted by atomic mass is 16.6. The molecule has 0 bridgehead atoms. The first-order chi connectivity index (χ1) is 9.79. The van der Waals surface area contributed by atoms with E-state index in [1.165, 1.54) is 0 Å². The van der Waals surface area contributed by atoms with E-state index in [0.717, 1.165) is 19.4 Å². The zero-order chi connectivity index (χ0) is 15.3. The summed E-state index contributed by atoms with van der Waals surface area (Å²) in [6.45, 7) is 10.1. The van der Waals surface area contributed by atoms with Gasteiger partial charge in [0.15, 0.2) is 6.10 Å². The topological polar surface area (TPSA) is 57.3 Å². The van der Waals surface area contributed by atoms with Crippen molar-refractivity contribution in [1.29, 1.82) is 0 Å². The Bertz CT molecular complexity index is 413. The maximum Gasteiger partial charge on any atom is 0.311 e. The molecule has 3 fully saturated rings. The van der Waals surface area contributed by atoms with E-state index in [9.17, 15) is 4.79 Å². The Morgan fingerprint density at radius 3 is 2.52 bits per heavy atom. The second-order valence-corrected chi connectivity index (χ2v) is 7.81. The lowest BCUT2D eigenvalue weighted by Crippen LogP contribution is -2.39. The molecule has 1 unspecified atom stereocenters. The van der Waals surface area contributed by atoms with E-state index < -0.39 is 5.41 Å². The van der Waals surface area contributed by atoms with Crippen molar-refractivity contribution in [3.05, 3.63) is 0 Å². The Labute approximate surface area is 126 Å². The first kappa shape index (κ1) is 15.3. The molecule has 0 N–H and O–H groups in total. The second-order valence-electron chi connectivity index (χ2n) is 7.81. The van der Waals surface area contributed by atoms with Crippen LogP contribution in [0, 0.1) is 10.8 Å². The molecule has 0 spiro atoms. The van der Waals surface area contributed by atoms with Gasteiger partial charge in [-0.05, 0) is 32.1 Å². The van der Waals surface area contributed by atoms with Crippen molar-refractivity contribution in [2.75, 3.05) is 19.8 Å². The van der Waals surface area contributed by atoms with Crippen LogP contribution in [0.5, 0.6) is 0 Å². The van der Waals surface area contributed by atoms with Gasteiger partial charge in [-0.25, -0.2) is 0 Å². The van der Waals surface area contributed by atoms with Crippen LogP contribution in [0.3, 0.4) is 0 Å². The van der Waals surface area contributed by atoms with E-state index in [1.807, 2.05) is 13.8 Å². The van der Waals surface area contributed by atoms with Crippen LogP contribution >= 0.6 is 0 Å². The predicted octanol–water partition coefficient (Wildman–Crippen LogP) is 1.93. The van der Waals surface area contributed by atoms with Crippen molar-refractivity contribution in [1.82, 2.24) is 0 Å². The lowest BCUT2D eigenvalue weighted by molar-refractivity contribution is -0.166. The van der Waals surface area contributed by atoms with E-state index in [-0.39, 0.29) is 35.8 Å². The highest BCUT2D eigenvalue weighted by molar-refractivity contribution is 5.76. The molecule has 4 atom stereocenters. The number of fused-ring (bicyclic) bond motifs is 1. The summed E-state index contributed by atoms with van der Waals surface area (Å²) < 4.78 is 22.4. The molecule has 21 heavy (non-hydrogen) atoms. The Hall–Kier alpha value is -0.650. The smallest absolute Gasteiger partial charge is 0.311 e. The number of ether oxygens (including phenoxy) is 4. The summed E-state index contributed by atoms with van der Waals surface area (Å²) in [5.74, 6) is -0.166. The fourth-order valence-corrected chi connectivity index (χ4v) is 3.65. The minimum atomic E-state index is -0.536. The van der Waals surface area contributed by atoms with Gasteiger partial charge in [0.25, 0.3) is 0 Å². The van der Waals surface area contributed by atoms with Gasteiger partial charge in [0.2, 0.25) is 0 Å². The van der Waals surface area contributed by atoms with Gasteiger partial charge in [-0.3, -0.25) is 4.79 Å². The second kappa shape index (κ2) is 5.21. The van der Waals surface area contributed by atoms with Crippen LogP contribution < -0.4 is 0 Å². The molecular weight excluding hydrogens is 272 g/mol. The first-order valence-electron chi connectivity index (χ1n) is 7.85. The molecule has 5 nitrogen and oxygen atoms in total. The van der Waals surface area contributed by atoms with Crippen molar-refractivity contribution in [2.24, 2.45) is 10.8 Å². The highest BCUT2D eigenvalue weighted by Crippen LogP contribution is 2.43. The average molecular weight is 298 g/mol. The number of epoxide rings is 1. The Morgan fingerprint density at radius 1 is 1.14 bits per heavy atom. The monoisotopic (exact) mass is 298 g/mol. The van der Waals surface area contributed by atoms with E-state index in [0.29, 0.717) is 13.2 Å². The highest BCUT2D eigenvalue weighted by Gasteiger charge is 2.48. The van der Waals surface area contributed by atoms with Crippen LogP contribution in [0.1, 0.15) is 40.5 Å². The number of hydrogen-bond donors (Lipinski definition) is 0. The summed E-state index contributed by atoms with van der Waals surface area (Å²) in [5.41, 5.74) is -0.548. The quantitative estimate of drug-likeness (QED) is 0.573. The maximum atomic E-state index is 12.6. The molecule has 0 aliphatic carbocycles. The average Bonchev–Trinajstić information content (AvgIpc) is 3.03. The zero-order valence-electron chi connectivity index (χ0n) is 13.4. The van der Waals surface area contributed by atoms with E-state index in [1.54, 1.807) is 0 Å². The lowest BCUT2D eigenvalue weighted by Gasteiger charge is -2.33. The lowest BCUT2D eigenvalue weighted by atomic mass is 9.73. The number of hydrogen-bond acceptors (Lipinski definition) is 5. The molecule has 0 radical (unpaired) electrons. The predicted molar refractivity (Wildman–Crippen MR) is 75.9 cm³/mol. The fourth-order valence-electron chi connectivity index (χ4n) is 3.65. The molecular formula is C16H26O5. The van der Waals surface area contributed by atoms with Crippen molar-refractivity contribution in [3.63, 3.8) is 0 Å².